The molecule has 0 spiro atoms. The van der Waals surface area contributed by atoms with E-state index in [1.807, 2.05) is 12.1 Å². The molecule has 2 atom stereocenters. The highest BCUT2D eigenvalue weighted by molar-refractivity contribution is 7.30. The van der Waals surface area contributed by atoms with Crippen molar-refractivity contribution in [2.75, 3.05) is 0 Å². The molecule has 4 aliphatic rings. The summed E-state index contributed by atoms with van der Waals surface area (Å²) in [5.41, 5.74) is 9.56. The van der Waals surface area contributed by atoms with Gasteiger partial charge >= 0.3 is 0 Å². The molecule has 2 unspecified atom stereocenters. The molecule has 17 rings (SSSR count). The Hall–Kier alpha value is -10.9. The first-order valence-corrected chi connectivity index (χ1v) is 54.0. The summed E-state index contributed by atoms with van der Waals surface area (Å²) in [5, 5.41) is 23.4. The molecule has 0 fully saturated rings. The molecule has 0 N–H and O–H groups in total. The van der Waals surface area contributed by atoms with Gasteiger partial charge in [-0.05, 0) is 215 Å². The largest absolute Gasteiger partial charge is 0.289 e. The lowest BCUT2D eigenvalue weighted by atomic mass is 9.65. The highest BCUT2D eigenvalue weighted by atomic mass is 32.1. The third kappa shape index (κ3) is 17.8. The average molecular weight is 1920 g/mol. The van der Waals surface area contributed by atoms with Gasteiger partial charge in [0.25, 0.3) is 11.4 Å². The summed E-state index contributed by atoms with van der Waals surface area (Å²) in [7, 11) is 0. The predicted molar refractivity (Wildman–Crippen MR) is 555 cm³/mol. The lowest BCUT2D eigenvalue weighted by Crippen LogP contribution is -2.29. The van der Waals surface area contributed by atoms with E-state index >= 15 is 35.9 Å². The van der Waals surface area contributed by atoms with Crippen LogP contribution in [0.5, 0.6) is 0 Å². The van der Waals surface area contributed by atoms with Gasteiger partial charge in [-0.2, -0.15) is 0 Å². The molecule has 0 saturated heterocycles. The minimum Gasteiger partial charge on any atom is -0.289 e. The van der Waals surface area contributed by atoms with Crippen molar-refractivity contribution in [3.05, 3.63) is 334 Å². The lowest BCUT2D eigenvalue weighted by molar-refractivity contribution is 0.103. The summed E-state index contributed by atoms with van der Waals surface area (Å²) in [6, 6.07) is 51.5. The van der Waals surface area contributed by atoms with Crippen LogP contribution < -0.4 is 0 Å². The van der Waals surface area contributed by atoms with Crippen LogP contribution in [0.1, 0.15) is 328 Å². The number of ketones is 2. The zero-order valence-corrected chi connectivity index (χ0v) is 83.6. The van der Waals surface area contributed by atoms with Gasteiger partial charge in [0.05, 0.1) is 55.6 Å². The molecule has 7 aromatic carbocycles. The third-order valence-electron chi connectivity index (χ3n) is 28.7. The number of nitriles is 2. The van der Waals surface area contributed by atoms with Gasteiger partial charge in [-0.3, -0.25) is 9.59 Å². The Morgan fingerprint density at radius 1 is 0.382 bits per heavy atom. The van der Waals surface area contributed by atoms with E-state index in [1.54, 1.807) is 47.0 Å². The number of aryl methyl sites for hydroxylation is 4. The third-order valence-corrected chi connectivity index (χ3v) is 35.9. The van der Waals surface area contributed by atoms with E-state index in [2.05, 4.69) is 174 Å². The Balaban J connectivity index is 1.09. The number of Topliss-reactive ketones (excluding diaryl/α,β-unsaturated/α-hetero) is 2. The van der Waals surface area contributed by atoms with Crippen LogP contribution in [0.2, 0.25) is 0 Å². The number of halogens is 6. The topological polar surface area (TPSA) is 90.4 Å². The van der Waals surface area contributed by atoms with Gasteiger partial charge in [0.15, 0.2) is 34.8 Å². The normalized spacial score (nSPS) is 15.5. The van der Waals surface area contributed by atoms with Crippen molar-refractivity contribution in [1.29, 1.82) is 10.5 Å². The van der Waals surface area contributed by atoms with Gasteiger partial charge < -0.3 is 0 Å². The van der Waals surface area contributed by atoms with E-state index in [0.717, 1.165) is 322 Å². The van der Waals surface area contributed by atoms with Crippen LogP contribution in [0.25, 0.3) is 93.6 Å². The molecular weight excluding hydrogens is 1810 g/mol. The number of rotatable bonds is 40. The minimum atomic E-state index is -1.29. The second kappa shape index (κ2) is 42.2. The Labute approximate surface area is 820 Å². The maximum absolute atomic E-state index is 18.9. The minimum absolute atomic E-state index is 0.0460. The van der Waals surface area contributed by atoms with E-state index in [4.69, 9.17) is 13.1 Å². The molecule has 4 aliphatic carbocycles. The first-order valence-electron chi connectivity index (χ1n) is 49.1. The second-order valence-electron chi connectivity index (χ2n) is 37.4. The number of hydrogen-bond acceptors (Lipinski definition) is 10. The molecule has 0 amide bonds. The zero-order chi connectivity index (χ0) is 95.4. The fourth-order valence-electron chi connectivity index (χ4n) is 21.7. The van der Waals surface area contributed by atoms with Crippen LogP contribution in [0.4, 0.5) is 26.3 Å². The maximum atomic E-state index is 18.9. The molecule has 0 saturated carbocycles. The Morgan fingerprint density at radius 2 is 0.706 bits per heavy atom. The lowest BCUT2D eigenvalue weighted by Gasteiger charge is -2.35. The molecule has 6 aromatic heterocycles. The number of thiophene rings is 6. The Bertz CT molecular complexity index is 6590. The predicted octanol–water partition coefficient (Wildman–Crippen LogP) is 36.1. The Morgan fingerprint density at radius 3 is 1.01 bits per heavy atom. The van der Waals surface area contributed by atoms with Crippen molar-refractivity contribution < 1.29 is 35.9 Å². The van der Waals surface area contributed by atoms with Crippen molar-refractivity contribution in [2.24, 2.45) is 11.8 Å². The first kappa shape index (κ1) is 96.8. The van der Waals surface area contributed by atoms with Crippen LogP contribution in [-0.2, 0) is 49.4 Å². The number of benzene rings is 7. The van der Waals surface area contributed by atoms with Crippen molar-refractivity contribution in [1.82, 2.24) is 0 Å². The molecular formula is C118H112F6N4O2S6. The standard InChI is InChI=1S/C118H112F6N4O2S6/c1-11-19-25-29-39-71-43-33-47-75(51-71)117(76-48-34-44-72(52-76)40-30-26-20-12-2)87-59-79(57-85-101(95(67-125)127-9)81-61-89(119)91(121)63-83(81)109(85)129)131-111(87)115-107(117)105-103(99-65-93(123)97(133-99)55-69(17-7)37-23-15-5)114-106(104(113(105)135-115)100-66-94(124)98(134-100)56-70(18-8)38-24-16-6)108-116(136-114)112-88(60-80(132-112)58-86-102(96(68-126)128-10)82-62-90(120)92(122)64-84(82)110(86)130)118(108,77-49-35-45-73(53-77)41-31-27-21-13-3)78-50-36-46-74(54-78)42-32-28-22-14-4/h33-36,43-54,57-66,69-70H,11-32,37-42,55-56H2,1-8H3/b85-57-,86-58-,101-95-,102-96+. The highest BCUT2D eigenvalue weighted by Gasteiger charge is 2.55. The molecule has 13 aromatic rings. The van der Waals surface area contributed by atoms with Gasteiger partial charge in [-0.25, -0.2) is 46.6 Å². The van der Waals surface area contributed by atoms with Crippen molar-refractivity contribution >= 4 is 123 Å². The zero-order valence-electron chi connectivity index (χ0n) is 78.7. The van der Waals surface area contributed by atoms with E-state index < -0.39 is 57.1 Å². The van der Waals surface area contributed by atoms with E-state index in [1.165, 1.54) is 45.3 Å². The van der Waals surface area contributed by atoms with Crippen molar-refractivity contribution in [3.8, 4) is 52.5 Å². The molecule has 694 valence electrons. The monoisotopic (exact) mass is 1920 g/mol. The van der Waals surface area contributed by atoms with E-state index in [0.29, 0.717) is 42.1 Å². The van der Waals surface area contributed by atoms with Gasteiger partial charge in [-0.1, -0.05) is 281 Å². The number of carbonyl (C=O) groups is 2. The number of nitrogens with zero attached hydrogens (tertiary/aromatic N) is 4. The summed E-state index contributed by atoms with van der Waals surface area (Å²) in [4.78, 5) is 45.4. The quantitative estimate of drug-likeness (QED) is 0.0126. The molecule has 18 heteroatoms. The number of allylic oxidation sites excluding steroid dienone is 6. The summed E-state index contributed by atoms with van der Waals surface area (Å²) in [6.45, 7) is 34.4. The smallest absolute Gasteiger partial charge is 0.270 e. The van der Waals surface area contributed by atoms with Gasteiger partial charge in [0.1, 0.15) is 11.6 Å². The summed E-state index contributed by atoms with van der Waals surface area (Å²) in [5.74, 6) is -6.52. The van der Waals surface area contributed by atoms with Crippen molar-refractivity contribution in [3.63, 3.8) is 0 Å². The summed E-state index contributed by atoms with van der Waals surface area (Å²) in [6.07, 6.45) is 31.3. The molecule has 6 nitrogen and oxygen atoms in total. The van der Waals surface area contributed by atoms with Gasteiger partial charge in [-0.15, -0.1) is 68.0 Å². The van der Waals surface area contributed by atoms with Crippen LogP contribution in [0.15, 0.2) is 168 Å². The van der Waals surface area contributed by atoms with Crippen LogP contribution >= 0.6 is 68.0 Å². The molecule has 0 radical (unpaired) electrons. The molecule has 6 heterocycles. The molecule has 0 bridgehead atoms. The van der Waals surface area contributed by atoms with Gasteiger partial charge in [0, 0.05) is 94.0 Å². The van der Waals surface area contributed by atoms with Crippen LogP contribution in [0.3, 0.4) is 0 Å². The number of fused-ring (bicyclic) bond motifs is 12. The number of carbonyl (C=O) groups excluding carboxylic acids is 2. The van der Waals surface area contributed by atoms with Gasteiger partial charge in [0.2, 0.25) is 0 Å². The Kier molecular flexibility index (Phi) is 30.0. The summed E-state index contributed by atoms with van der Waals surface area (Å²) < 4.78 is 102. The SMILES string of the molecule is [C-]#[N+]/C(C#N)=C1\C(=C\c2cc3c(s2)-c2sc4c(-c5cc(F)c(CC(CC)CCCC)s5)c5c6c(sc5c(-c5cc(F)c(CC(CC)CCCC)s5)c4c2C3(c2cccc(CCCCCC)c2)c2cccc(CCCCCC)c2)-c2sc(/C=C3\C(=O)c4cc(F)c(F)cc4\C3=C(\C#N)[N+]#[C-])cc2C6(c2cccc(CCCCCC)c2)c2cccc(CCCCCC)c2)C(=O)c2cc(F)c(F)cc21. The second-order valence-corrected chi connectivity index (χ2v) is 43.9. The average Bonchev–Trinajstić information content (AvgIpc) is 1.48. The number of hydrogen-bond donors (Lipinski definition) is 0. The molecule has 136 heavy (non-hydrogen) atoms. The van der Waals surface area contributed by atoms with Crippen LogP contribution in [0, 0.1) is 82.5 Å². The molecule has 0 aliphatic heterocycles. The van der Waals surface area contributed by atoms with E-state index in [-0.39, 0.29) is 68.0 Å². The van der Waals surface area contributed by atoms with E-state index in [9.17, 15) is 10.5 Å². The fraction of sp³-hybridized carbons (Fsp3) is 0.356. The first-order chi connectivity index (χ1) is 66.2. The fourth-order valence-corrected chi connectivity index (χ4v) is 29.8. The highest BCUT2D eigenvalue weighted by Crippen LogP contribution is 2.71. The van der Waals surface area contributed by atoms with Crippen LogP contribution in [-0.4, -0.2) is 11.6 Å². The number of unbranched alkanes of at least 4 members (excludes halogenated alkanes) is 14. The van der Waals surface area contributed by atoms with Crippen molar-refractivity contribution in [2.45, 2.75) is 259 Å². The maximum Gasteiger partial charge on any atom is 0.270 e. The summed E-state index contributed by atoms with van der Waals surface area (Å²) >= 11 is 9.24.